The van der Waals surface area contributed by atoms with Crippen molar-refractivity contribution in [1.29, 1.82) is 0 Å². The van der Waals surface area contributed by atoms with Crippen LogP contribution in [0.15, 0.2) is 48.5 Å². The summed E-state index contributed by atoms with van der Waals surface area (Å²) in [6.45, 7) is 4.02. The van der Waals surface area contributed by atoms with Crippen molar-refractivity contribution in [2.75, 3.05) is 38.0 Å². The molecule has 1 unspecified atom stereocenters. The fraction of sp³-hybridized carbons (Fsp3) is 0.318. The molecule has 0 radical (unpaired) electrons. The molecule has 2 aromatic rings. The van der Waals surface area contributed by atoms with Gasteiger partial charge < -0.3 is 15.5 Å². The second kappa shape index (κ2) is 10.6. The summed E-state index contributed by atoms with van der Waals surface area (Å²) in [6, 6.07) is 13.3. The lowest BCUT2D eigenvalue weighted by Gasteiger charge is -2.35. The highest BCUT2D eigenvalue weighted by Crippen LogP contribution is 2.25. The summed E-state index contributed by atoms with van der Waals surface area (Å²) in [4.78, 5) is 41.1. The average molecular weight is 463 g/mol. The maximum absolute atomic E-state index is 12.7. The molecule has 0 aliphatic carbocycles. The monoisotopic (exact) mass is 462 g/mol. The number of anilines is 1. The van der Waals surface area contributed by atoms with Gasteiger partial charge in [0.05, 0.1) is 22.2 Å². The zero-order valence-electron chi connectivity index (χ0n) is 17.1. The van der Waals surface area contributed by atoms with Crippen LogP contribution in [0.25, 0.3) is 0 Å². The van der Waals surface area contributed by atoms with Crippen molar-refractivity contribution in [3.8, 4) is 0 Å². The largest absolute Gasteiger partial charge is 0.340 e. The lowest BCUT2D eigenvalue weighted by Crippen LogP contribution is -2.55. The molecule has 2 aromatic carbocycles. The zero-order valence-corrected chi connectivity index (χ0v) is 18.6. The first-order valence-electron chi connectivity index (χ1n) is 9.96. The molecule has 0 spiro atoms. The minimum Gasteiger partial charge on any atom is -0.340 e. The van der Waals surface area contributed by atoms with Crippen molar-refractivity contribution in [2.24, 2.45) is 0 Å². The first-order valence-corrected chi connectivity index (χ1v) is 10.7. The molecule has 1 fully saturated rings. The molecule has 1 aliphatic rings. The number of piperazine rings is 1. The minimum absolute atomic E-state index is 0.0926. The van der Waals surface area contributed by atoms with Crippen LogP contribution in [-0.4, -0.2) is 66.3 Å². The van der Waals surface area contributed by atoms with Crippen LogP contribution in [0, 0.1) is 0 Å². The minimum atomic E-state index is -0.713. The van der Waals surface area contributed by atoms with Crippen LogP contribution in [0.5, 0.6) is 0 Å². The number of rotatable bonds is 6. The second-order valence-corrected chi connectivity index (χ2v) is 8.10. The summed E-state index contributed by atoms with van der Waals surface area (Å²) >= 11 is 12.0. The number of hydrogen-bond donors (Lipinski definition) is 2. The molecule has 2 N–H and O–H groups in total. The quantitative estimate of drug-likeness (QED) is 0.691. The standard InChI is InChI=1S/C22H24Cl2N4O3/c1-15(25-21(30)17-8-5-9-18(23)20(17)24)22(31)28-12-10-27(11-13-28)14-19(29)26-16-6-3-2-4-7-16/h2-9,15H,10-14H2,1H3,(H,25,30)(H,26,29). The number of halogens is 2. The van der Waals surface area contributed by atoms with Gasteiger partial charge in [0.2, 0.25) is 11.8 Å². The number of para-hydroxylation sites is 1. The molecule has 31 heavy (non-hydrogen) atoms. The van der Waals surface area contributed by atoms with Crippen molar-refractivity contribution < 1.29 is 14.4 Å². The number of benzene rings is 2. The molecule has 3 rings (SSSR count). The molecule has 9 heteroatoms. The molecule has 0 bridgehead atoms. The van der Waals surface area contributed by atoms with Gasteiger partial charge in [-0.05, 0) is 31.2 Å². The van der Waals surface area contributed by atoms with Crippen LogP contribution < -0.4 is 10.6 Å². The van der Waals surface area contributed by atoms with Gasteiger partial charge in [-0.2, -0.15) is 0 Å². The second-order valence-electron chi connectivity index (χ2n) is 7.31. The summed E-state index contributed by atoms with van der Waals surface area (Å²) in [5.41, 5.74) is 0.980. The highest BCUT2D eigenvalue weighted by atomic mass is 35.5. The number of carbonyl (C=O) groups excluding carboxylic acids is 3. The predicted octanol–water partition coefficient (Wildman–Crippen LogP) is 2.89. The fourth-order valence-corrected chi connectivity index (χ4v) is 3.73. The third-order valence-electron chi connectivity index (χ3n) is 5.02. The molecule has 1 aliphatic heterocycles. The summed E-state index contributed by atoms with van der Waals surface area (Å²) in [6.07, 6.45) is 0. The molecule has 1 atom stereocenters. The molecule has 0 saturated carbocycles. The van der Waals surface area contributed by atoms with Crippen molar-refractivity contribution in [3.63, 3.8) is 0 Å². The third kappa shape index (κ3) is 6.19. The Morgan fingerprint density at radius 1 is 0.968 bits per heavy atom. The zero-order chi connectivity index (χ0) is 22.4. The summed E-state index contributed by atoms with van der Waals surface area (Å²) in [5, 5.41) is 5.97. The lowest BCUT2D eigenvalue weighted by molar-refractivity contribution is -0.134. The Balaban J connectivity index is 1.46. The Hall–Kier alpha value is -2.61. The number of hydrogen-bond acceptors (Lipinski definition) is 4. The fourth-order valence-electron chi connectivity index (χ4n) is 3.34. The smallest absolute Gasteiger partial charge is 0.253 e. The van der Waals surface area contributed by atoms with Crippen LogP contribution >= 0.6 is 23.2 Å². The van der Waals surface area contributed by atoms with Crippen molar-refractivity contribution >= 4 is 46.6 Å². The normalized spacial score (nSPS) is 15.3. The van der Waals surface area contributed by atoms with Gasteiger partial charge in [0.15, 0.2) is 0 Å². The van der Waals surface area contributed by atoms with Gasteiger partial charge in [-0.3, -0.25) is 19.3 Å². The Kier molecular flexibility index (Phi) is 7.90. The van der Waals surface area contributed by atoms with Gasteiger partial charge in [-0.15, -0.1) is 0 Å². The van der Waals surface area contributed by atoms with Crippen LogP contribution in [-0.2, 0) is 9.59 Å². The van der Waals surface area contributed by atoms with Gasteiger partial charge in [0.1, 0.15) is 6.04 Å². The SMILES string of the molecule is CC(NC(=O)c1cccc(Cl)c1Cl)C(=O)N1CCN(CC(=O)Nc2ccccc2)CC1. The van der Waals surface area contributed by atoms with Crippen molar-refractivity contribution in [2.45, 2.75) is 13.0 Å². The van der Waals surface area contributed by atoms with E-state index in [0.29, 0.717) is 26.2 Å². The molecule has 3 amide bonds. The summed E-state index contributed by atoms with van der Waals surface area (Å²) in [5.74, 6) is -0.727. The maximum atomic E-state index is 12.7. The molecule has 164 valence electrons. The van der Waals surface area contributed by atoms with Gasteiger partial charge in [0.25, 0.3) is 5.91 Å². The van der Waals surface area contributed by atoms with Crippen molar-refractivity contribution in [1.82, 2.24) is 15.1 Å². The number of nitrogens with one attached hydrogen (secondary N) is 2. The number of amides is 3. The number of carbonyl (C=O) groups is 3. The maximum Gasteiger partial charge on any atom is 0.253 e. The first-order chi connectivity index (χ1) is 14.8. The molecule has 0 aromatic heterocycles. The molecule has 7 nitrogen and oxygen atoms in total. The molecule has 1 saturated heterocycles. The average Bonchev–Trinajstić information content (AvgIpc) is 2.76. The van der Waals surface area contributed by atoms with E-state index >= 15 is 0 Å². The van der Waals surface area contributed by atoms with E-state index in [0.717, 1.165) is 5.69 Å². The first kappa shape index (κ1) is 23.1. The highest BCUT2D eigenvalue weighted by molar-refractivity contribution is 6.43. The van der Waals surface area contributed by atoms with Crippen LogP contribution in [0.2, 0.25) is 10.0 Å². The van der Waals surface area contributed by atoms with Gasteiger partial charge in [-0.25, -0.2) is 0 Å². The van der Waals surface area contributed by atoms with Gasteiger partial charge >= 0.3 is 0 Å². The van der Waals surface area contributed by atoms with Crippen molar-refractivity contribution in [3.05, 3.63) is 64.1 Å². The highest BCUT2D eigenvalue weighted by Gasteiger charge is 2.27. The van der Waals surface area contributed by atoms with E-state index < -0.39 is 11.9 Å². The Bertz CT molecular complexity index is 947. The van der Waals surface area contributed by atoms with E-state index in [9.17, 15) is 14.4 Å². The van der Waals surface area contributed by atoms with E-state index in [-0.39, 0.29) is 34.0 Å². The summed E-state index contributed by atoms with van der Waals surface area (Å²) in [7, 11) is 0. The topological polar surface area (TPSA) is 81.8 Å². The Morgan fingerprint density at radius 3 is 2.32 bits per heavy atom. The van der Waals surface area contributed by atoms with E-state index in [1.165, 1.54) is 0 Å². The number of nitrogens with zero attached hydrogens (tertiary/aromatic N) is 2. The van der Waals surface area contributed by atoms with E-state index in [4.69, 9.17) is 23.2 Å². The van der Waals surface area contributed by atoms with E-state index in [1.807, 2.05) is 35.2 Å². The molecular weight excluding hydrogens is 439 g/mol. The van der Waals surface area contributed by atoms with Crippen LogP contribution in [0.1, 0.15) is 17.3 Å². The Morgan fingerprint density at radius 2 is 1.65 bits per heavy atom. The molecule has 1 heterocycles. The van der Waals surface area contributed by atoms with Gasteiger partial charge in [-0.1, -0.05) is 47.5 Å². The van der Waals surface area contributed by atoms with E-state index in [1.54, 1.807) is 30.0 Å². The van der Waals surface area contributed by atoms with E-state index in [2.05, 4.69) is 10.6 Å². The Labute approximate surface area is 191 Å². The summed E-state index contributed by atoms with van der Waals surface area (Å²) < 4.78 is 0. The van der Waals surface area contributed by atoms with Gasteiger partial charge in [0, 0.05) is 31.9 Å². The third-order valence-corrected chi connectivity index (χ3v) is 5.84. The molecular formula is C22H24Cl2N4O3. The predicted molar refractivity (Wildman–Crippen MR) is 121 cm³/mol. The van der Waals surface area contributed by atoms with Crippen LogP contribution in [0.3, 0.4) is 0 Å². The van der Waals surface area contributed by atoms with Crippen LogP contribution in [0.4, 0.5) is 5.69 Å². The lowest BCUT2D eigenvalue weighted by atomic mass is 10.2.